The Kier molecular flexibility index (Phi) is 5.70. The molecule has 0 aromatic heterocycles. The maximum Gasteiger partial charge on any atom is 0.269 e. The van der Waals surface area contributed by atoms with E-state index in [1.54, 1.807) is 4.90 Å². The van der Waals surface area contributed by atoms with Gasteiger partial charge in [-0.15, -0.1) is 0 Å². The molecule has 0 bridgehead atoms. The minimum Gasteiger partial charge on any atom is -0.484 e. The third kappa shape index (κ3) is 4.30. The van der Waals surface area contributed by atoms with E-state index < -0.39 is 4.92 Å². The summed E-state index contributed by atoms with van der Waals surface area (Å²) in [7, 11) is 0. The van der Waals surface area contributed by atoms with Gasteiger partial charge in [0.05, 0.1) is 4.92 Å². The molecule has 1 saturated heterocycles. The van der Waals surface area contributed by atoms with Crippen molar-refractivity contribution in [2.24, 2.45) is 5.92 Å². The molecule has 3 rings (SSSR count). The van der Waals surface area contributed by atoms with E-state index in [9.17, 15) is 19.7 Å². The first-order valence-electron chi connectivity index (χ1n) is 8.98. The fourth-order valence-corrected chi connectivity index (χ4v) is 3.51. The number of nitro groups is 1. The summed E-state index contributed by atoms with van der Waals surface area (Å²) in [5.41, 5.74) is -0.0215. The summed E-state index contributed by atoms with van der Waals surface area (Å²) in [6, 6.07) is 5.63. The highest BCUT2D eigenvalue weighted by Gasteiger charge is 2.30. The fourth-order valence-electron chi connectivity index (χ4n) is 3.51. The summed E-state index contributed by atoms with van der Waals surface area (Å²) in [5, 5.41) is 10.6. The molecule has 0 atom stereocenters. The van der Waals surface area contributed by atoms with Crippen LogP contribution in [0.4, 0.5) is 5.69 Å². The van der Waals surface area contributed by atoms with Crippen LogP contribution in [0.25, 0.3) is 0 Å². The minimum atomic E-state index is -0.485. The minimum absolute atomic E-state index is 0.0215. The van der Waals surface area contributed by atoms with Crippen molar-refractivity contribution >= 4 is 17.5 Å². The highest BCUT2D eigenvalue weighted by molar-refractivity contribution is 5.80. The highest BCUT2D eigenvalue weighted by atomic mass is 16.6. The van der Waals surface area contributed by atoms with Crippen molar-refractivity contribution in [3.05, 3.63) is 34.4 Å². The van der Waals surface area contributed by atoms with Crippen LogP contribution in [-0.2, 0) is 9.59 Å². The summed E-state index contributed by atoms with van der Waals surface area (Å²) in [6.07, 6.45) is 4.24. The van der Waals surface area contributed by atoms with E-state index in [0.717, 1.165) is 25.7 Å². The molecule has 2 aliphatic rings. The molecular formula is C18H23N3O5. The van der Waals surface area contributed by atoms with Crippen LogP contribution in [0.3, 0.4) is 0 Å². The predicted molar refractivity (Wildman–Crippen MR) is 93.7 cm³/mol. The van der Waals surface area contributed by atoms with Crippen LogP contribution in [0.5, 0.6) is 5.75 Å². The lowest BCUT2D eigenvalue weighted by molar-refractivity contribution is -0.384. The molecule has 26 heavy (non-hydrogen) atoms. The van der Waals surface area contributed by atoms with Gasteiger partial charge in [0.2, 0.25) is 5.91 Å². The van der Waals surface area contributed by atoms with Crippen molar-refractivity contribution in [1.82, 2.24) is 9.80 Å². The first kappa shape index (κ1) is 18.2. The molecule has 1 aliphatic carbocycles. The molecule has 2 fully saturated rings. The smallest absolute Gasteiger partial charge is 0.269 e. The number of carbonyl (C=O) groups excluding carboxylic acids is 2. The quantitative estimate of drug-likeness (QED) is 0.589. The third-order valence-corrected chi connectivity index (χ3v) is 5.06. The number of ether oxygens (including phenoxy) is 1. The molecule has 0 N–H and O–H groups in total. The number of carbonyl (C=O) groups is 2. The van der Waals surface area contributed by atoms with Crippen LogP contribution in [0.1, 0.15) is 25.7 Å². The van der Waals surface area contributed by atoms with Gasteiger partial charge in [-0.25, -0.2) is 0 Å². The van der Waals surface area contributed by atoms with Crippen molar-refractivity contribution in [3.63, 3.8) is 0 Å². The lowest BCUT2D eigenvalue weighted by Crippen LogP contribution is -2.52. The second kappa shape index (κ2) is 8.16. The predicted octanol–water partition coefficient (Wildman–Crippen LogP) is 1.83. The summed E-state index contributed by atoms with van der Waals surface area (Å²) in [4.78, 5) is 38.4. The van der Waals surface area contributed by atoms with Gasteiger partial charge < -0.3 is 14.5 Å². The standard InChI is InChI=1S/C18H23N3O5/c22-17(13-26-16-7-5-15(6-8-16)21(24)25)19-9-11-20(12-10-19)18(23)14-3-1-2-4-14/h5-8,14H,1-4,9-13H2. The van der Waals surface area contributed by atoms with Gasteiger partial charge in [-0.2, -0.15) is 0 Å². The van der Waals surface area contributed by atoms with Gasteiger partial charge in [-0.3, -0.25) is 19.7 Å². The van der Waals surface area contributed by atoms with E-state index in [1.807, 2.05) is 4.90 Å². The topological polar surface area (TPSA) is 93.0 Å². The lowest BCUT2D eigenvalue weighted by Gasteiger charge is -2.36. The Morgan fingerprint density at radius 1 is 1.04 bits per heavy atom. The van der Waals surface area contributed by atoms with E-state index in [-0.39, 0.29) is 30.0 Å². The van der Waals surface area contributed by atoms with Crippen molar-refractivity contribution in [3.8, 4) is 5.75 Å². The zero-order valence-electron chi connectivity index (χ0n) is 14.6. The molecule has 1 aromatic carbocycles. The molecule has 2 amide bonds. The zero-order chi connectivity index (χ0) is 18.5. The average Bonchev–Trinajstić information content (AvgIpc) is 3.20. The summed E-state index contributed by atoms with van der Waals surface area (Å²) in [5.74, 6) is 0.676. The van der Waals surface area contributed by atoms with Crippen LogP contribution >= 0.6 is 0 Å². The number of non-ortho nitro benzene ring substituents is 1. The Labute approximate surface area is 151 Å². The SMILES string of the molecule is O=C(COc1ccc([N+](=O)[O-])cc1)N1CCN(C(=O)C2CCCC2)CC1. The average molecular weight is 361 g/mol. The maximum atomic E-state index is 12.4. The van der Waals surface area contributed by atoms with Crippen LogP contribution < -0.4 is 4.74 Å². The van der Waals surface area contributed by atoms with Gasteiger partial charge in [0.25, 0.3) is 11.6 Å². The van der Waals surface area contributed by atoms with Crippen LogP contribution in [0.15, 0.2) is 24.3 Å². The fraction of sp³-hybridized carbons (Fsp3) is 0.556. The number of amides is 2. The second-order valence-electron chi connectivity index (χ2n) is 6.73. The van der Waals surface area contributed by atoms with E-state index >= 15 is 0 Å². The Morgan fingerprint density at radius 2 is 1.62 bits per heavy atom. The number of nitro benzene ring substituents is 1. The number of piperazine rings is 1. The normalized spacial score (nSPS) is 18.0. The van der Waals surface area contributed by atoms with Crippen molar-refractivity contribution in [1.29, 1.82) is 0 Å². The molecule has 1 aliphatic heterocycles. The molecule has 0 radical (unpaired) electrons. The van der Waals surface area contributed by atoms with E-state index in [4.69, 9.17) is 4.74 Å². The van der Waals surface area contributed by atoms with Crippen LogP contribution in [-0.4, -0.2) is 59.3 Å². The van der Waals surface area contributed by atoms with Crippen molar-refractivity contribution in [2.75, 3.05) is 32.8 Å². The van der Waals surface area contributed by atoms with Gasteiger partial charge in [-0.1, -0.05) is 12.8 Å². The number of hydrogen-bond acceptors (Lipinski definition) is 5. The molecule has 1 aromatic rings. The van der Waals surface area contributed by atoms with Crippen molar-refractivity contribution in [2.45, 2.75) is 25.7 Å². The van der Waals surface area contributed by atoms with Crippen LogP contribution in [0.2, 0.25) is 0 Å². The number of rotatable bonds is 5. The third-order valence-electron chi connectivity index (χ3n) is 5.06. The Bertz CT molecular complexity index is 662. The summed E-state index contributed by atoms with van der Waals surface area (Å²) < 4.78 is 5.42. The molecule has 8 nitrogen and oxygen atoms in total. The van der Waals surface area contributed by atoms with E-state index in [1.165, 1.54) is 24.3 Å². The van der Waals surface area contributed by atoms with Crippen LogP contribution in [0, 0.1) is 16.0 Å². The van der Waals surface area contributed by atoms with E-state index in [2.05, 4.69) is 0 Å². The number of nitrogens with zero attached hydrogens (tertiary/aromatic N) is 3. The van der Waals surface area contributed by atoms with Crippen molar-refractivity contribution < 1.29 is 19.2 Å². The van der Waals surface area contributed by atoms with E-state index in [0.29, 0.717) is 31.9 Å². The molecule has 140 valence electrons. The van der Waals surface area contributed by atoms with Gasteiger partial charge in [0.1, 0.15) is 5.75 Å². The molecule has 1 saturated carbocycles. The molecule has 1 heterocycles. The van der Waals surface area contributed by atoms with Gasteiger partial charge >= 0.3 is 0 Å². The molecule has 0 unspecified atom stereocenters. The summed E-state index contributed by atoms with van der Waals surface area (Å²) in [6.45, 7) is 2.05. The lowest BCUT2D eigenvalue weighted by atomic mass is 10.1. The summed E-state index contributed by atoms with van der Waals surface area (Å²) >= 11 is 0. The highest BCUT2D eigenvalue weighted by Crippen LogP contribution is 2.27. The molecule has 0 spiro atoms. The first-order chi connectivity index (χ1) is 12.5. The number of hydrogen-bond donors (Lipinski definition) is 0. The molecular weight excluding hydrogens is 338 g/mol. The first-order valence-corrected chi connectivity index (χ1v) is 8.98. The Hall–Kier alpha value is -2.64. The Morgan fingerprint density at radius 3 is 2.19 bits per heavy atom. The zero-order valence-corrected chi connectivity index (χ0v) is 14.6. The second-order valence-corrected chi connectivity index (χ2v) is 6.73. The monoisotopic (exact) mass is 361 g/mol. The largest absolute Gasteiger partial charge is 0.484 e. The maximum absolute atomic E-state index is 12.4. The van der Waals surface area contributed by atoms with Gasteiger partial charge in [0.15, 0.2) is 6.61 Å². The number of benzene rings is 1. The molecule has 8 heteroatoms. The van der Waals surface area contributed by atoms with Gasteiger partial charge in [0, 0.05) is 44.2 Å². The van der Waals surface area contributed by atoms with Gasteiger partial charge in [-0.05, 0) is 25.0 Å². The Balaban J connectivity index is 1.43.